The van der Waals surface area contributed by atoms with Crippen LogP contribution in [0.2, 0.25) is 0 Å². The zero-order valence-corrected chi connectivity index (χ0v) is 12.7. The summed E-state index contributed by atoms with van der Waals surface area (Å²) < 4.78 is 0. The lowest BCUT2D eigenvalue weighted by atomic mass is 9.98. The molecule has 0 aromatic heterocycles. The van der Waals surface area contributed by atoms with Crippen LogP contribution in [0.1, 0.15) is 32.6 Å². The second kappa shape index (κ2) is 6.58. The van der Waals surface area contributed by atoms with Crippen molar-refractivity contribution in [3.05, 3.63) is 30.3 Å². The molecule has 0 radical (unpaired) electrons. The highest BCUT2D eigenvalue weighted by atomic mass is 16.2. The van der Waals surface area contributed by atoms with E-state index < -0.39 is 0 Å². The third-order valence-electron chi connectivity index (χ3n) is 4.78. The monoisotopic (exact) mass is 287 g/mol. The van der Waals surface area contributed by atoms with Gasteiger partial charge in [0.1, 0.15) is 0 Å². The summed E-state index contributed by atoms with van der Waals surface area (Å²) in [5.74, 6) is 0.0916. The zero-order valence-electron chi connectivity index (χ0n) is 12.7. The van der Waals surface area contributed by atoms with Crippen molar-refractivity contribution < 1.29 is 4.79 Å². The Morgan fingerprint density at radius 2 is 1.90 bits per heavy atom. The molecule has 2 N–H and O–H groups in total. The number of para-hydroxylation sites is 1. The fraction of sp³-hybridized carbons (Fsp3) is 0.588. The van der Waals surface area contributed by atoms with E-state index in [1.165, 1.54) is 25.7 Å². The molecule has 0 saturated carbocycles. The molecule has 2 aliphatic rings. The van der Waals surface area contributed by atoms with Crippen LogP contribution in [0.5, 0.6) is 0 Å². The lowest BCUT2D eigenvalue weighted by Crippen LogP contribution is -2.50. The van der Waals surface area contributed by atoms with Crippen LogP contribution in [-0.4, -0.2) is 42.0 Å². The molecule has 4 nitrogen and oxygen atoms in total. The van der Waals surface area contributed by atoms with Crippen molar-refractivity contribution in [3.8, 4) is 0 Å². The first-order valence-electron chi connectivity index (χ1n) is 8.09. The molecule has 2 atom stereocenters. The average molecular weight is 287 g/mol. The number of nitrogens with one attached hydrogen (secondary N) is 2. The van der Waals surface area contributed by atoms with E-state index in [-0.39, 0.29) is 5.91 Å². The molecule has 3 rings (SSSR count). The first-order valence-corrected chi connectivity index (χ1v) is 8.09. The lowest BCUT2D eigenvalue weighted by molar-refractivity contribution is -0.118. The van der Waals surface area contributed by atoms with Gasteiger partial charge in [-0.2, -0.15) is 0 Å². The van der Waals surface area contributed by atoms with Crippen LogP contribution in [0.3, 0.4) is 0 Å². The highest BCUT2D eigenvalue weighted by molar-refractivity contribution is 5.92. The Hall–Kier alpha value is -1.39. The number of anilines is 1. The molecule has 2 saturated heterocycles. The molecule has 114 valence electrons. The maximum absolute atomic E-state index is 12.2. The average Bonchev–Trinajstić information content (AvgIpc) is 2.84. The van der Waals surface area contributed by atoms with Gasteiger partial charge in [0.2, 0.25) is 5.91 Å². The van der Waals surface area contributed by atoms with Gasteiger partial charge >= 0.3 is 0 Å². The number of hydrogen-bond acceptors (Lipinski definition) is 3. The summed E-state index contributed by atoms with van der Waals surface area (Å²) in [4.78, 5) is 14.6. The predicted molar refractivity (Wildman–Crippen MR) is 85.3 cm³/mol. The van der Waals surface area contributed by atoms with E-state index in [2.05, 4.69) is 22.5 Å². The standard InChI is InChI=1S/C17H25N3O/c1-2-20(16-10-14-8-9-15(11-16)18-14)12-17(21)19-13-6-4-3-5-7-13/h3-7,14-16,18H,2,8-12H2,1H3,(H,19,21). The second-order valence-corrected chi connectivity index (χ2v) is 6.24. The molecule has 4 heteroatoms. The fourth-order valence-electron chi connectivity index (χ4n) is 3.73. The van der Waals surface area contributed by atoms with E-state index in [1.807, 2.05) is 30.3 Å². The maximum Gasteiger partial charge on any atom is 0.238 e. The fourth-order valence-corrected chi connectivity index (χ4v) is 3.73. The third-order valence-corrected chi connectivity index (χ3v) is 4.78. The van der Waals surface area contributed by atoms with Crippen molar-refractivity contribution >= 4 is 11.6 Å². The van der Waals surface area contributed by atoms with Gasteiger partial charge in [0.05, 0.1) is 6.54 Å². The van der Waals surface area contributed by atoms with Crippen LogP contribution in [0.15, 0.2) is 30.3 Å². The number of likely N-dealkylation sites (N-methyl/N-ethyl adjacent to an activating group) is 1. The SMILES string of the molecule is CCN(CC(=O)Nc1ccccc1)C1CC2CCC(C1)N2. The Bertz CT molecular complexity index is 464. The number of carbonyl (C=O) groups is 1. The highest BCUT2D eigenvalue weighted by Gasteiger charge is 2.35. The van der Waals surface area contributed by atoms with Crippen LogP contribution in [-0.2, 0) is 4.79 Å². The molecule has 1 amide bonds. The van der Waals surface area contributed by atoms with Crippen molar-refractivity contribution in [3.63, 3.8) is 0 Å². The van der Waals surface area contributed by atoms with Gasteiger partial charge in [-0.3, -0.25) is 9.69 Å². The summed E-state index contributed by atoms with van der Waals surface area (Å²) in [5, 5.41) is 6.65. The van der Waals surface area contributed by atoms with E-state index in [0.717, 1.165) is 12.2 Å². The normalized spacial score (nSPS) is 27.8. The molecule has 2 fully saturated rings. The van der Waals surface area contributed by atoms with Crippen LogP contribution in [0.4, 0.5) is 5.69 Å². The van der Waals surface area contributed by atoms with Gasteiger partial charge in [-0.25, -0.2) is 0 Å². The van der Waals surface area contributed by atoms with Gasteiger partial charge in [-0.1, -0.05) is 25.1 Å². The van der Waals surface area contributed by atoms with Crippen molar-refractivity contribution in [2.24, 2.45) is 0 Å². The summed E-state index contributed by atoms with van der Waals surface area (Å²) in [5.41, 5.74) is 0.879. The van der Waals surface area contributed by atoms with Crippen LogP contribution in [0.25, 0.3) is 0 Å². The van der Waals surface area contributed by atoms with E-state index in [4.69, 9.17) is 0 Å². The molecule has 0 spiro atoms. The molecule has 0 aliphatic carbocycles. The Morgan fingerprint density at radius 1 is 1.24 bits per heavy atom. The van der Waals surface area contributed by atoms with Crippen LogP contribution >= 0.6 is 0 Å². The molecule has 2 heterocycles. The third kappa shape index (κ3) is 3.63. The number of benzene rings is 1. The van der Waals surface area contributed by atoms with Crippen molar-refractivity contribution in [1.82, 2.24) is 10.2 Å². The van der Waals surface area contributed by atoms with Gasteiger partial charge in [0, 0.05) is 23.8 Å². The highest BCUT2D eigenvalue weighted by Crippen LogP contribution is 2.29. The molecule has 21 heavy (non-hydrogen) atoms. The topological polar surface area (TPSA) is 44.4 Å². The Kier molecular flexibility index (Phi) is 4.56. The number of hydrogen-bond donors (Lipinski definition) is 2. The Morgan fingerprint density at radius 3 is 2.52 bits per heavy atom. The number of fused-ring (bicyclic) bond motifs is 2. The van der Waals surface area contributed by atoms with Gasteiger partial charge in [-0.05, 0) is 44.4 Å². The Balaban J connectivity index is 1.55. The number of rotatable bonds is 5. The maximum atomic E-state index is 12.2. The van der Waals surface area contributed by atoms with Crippen molar-refractivity contribution in [1.29, 1.82) is 0 Å². The minimum absolute atomic E-state index is 0.0916. The zero-order chi connectivity index (χ0) is 14.7. The minimum atomic E-state index is 0.0916. The van der Waals surface area contributed by atoms with Gasteiger partial charge in [0.15, 0.2) is 0 Å². The summed E-state index contributed by atoms with van der Waals surface area (Å²) in [6.45, 7) is 3.58. The smallest absolute Gasteiger partial charge is 0.238 e. The summed E-state index contributed by atoms with van der Waals surface area (Å²) in [7, 11) is 0. The van der Waals surface area contributed by atoms with Crippen LogP contribution < -0.4 is 10.6 Å². The van der Waals surface area contributed by atoms with Gasteiger partial charge < -0.3 is 10.6 Å². The number of nitrogens with zero attached hydrogens (tertiary/aromatic N) is 1. The molecule has 1 aromatic rings. The van der Waals surface area contributed by atoms with E-state index >= 15 is 0 Å². The minimum Gasteiger partial charge on any atom is -0.325 e. The first kappa shape index (κ1) is 14.5. The summed E-state index contributed by atoms with van der Waals surface area (Å²) >= 11 is 0. The lowest BCUT2D eigenvalue weighted by Gasteiger charge is -2.36. The number of piperidine rings is 1. The molecule has 2 unspecified atom stereocenters. The van der Waals surface area contributed by atoms with Gasteiger partial charge in [0.25, 0.3) is 0 Å². The molecule has 2 bridgehead atoms. The van der Waals surface area contributed by atoms with E-state index in [9.17, 15) is 4.79 Å². The predicted octanol–water partition coefficient (Wildman–Crippen LogP) is 2.23. The Labute approximate surface area is 126 Å². The molecule has 1 aromatic carbocycles. The summed E-state index contributed by atoms with van der Waals surface area (Å²) in [6.07, 6.45) is 4.97. The largest absolute Gasteiger partial charge is 0.325 e. The van der Waals surface area contributed by atoms with Crippen LogP contribution in [0, 0.1) is 0 Å². The second-order valence-electron chi connectivity index (χ2n) is 6.24. The quantitative estimate of drug-likeness (QED) is 0.873. The van der Waals surface area contributed by atoms with Crippen molar-refractivity contribution in [2.75, 3.05) is 18.4 Å². The molecule has 2 aliphatic heterocycles. The van der Waals surface area contributed by atoms with Crippen molar-refractivity contribution in [2.45, 2.75) is 50.7 Å². The van der Waals surface area contributed by atoms with E-state index in [0.29, 0.717) is 24.7 Å². The first-order chi connectivity index (χ1) is 10.2. The van der Waals surface area contributed by atoms with E-state index in [1.54, 1.807) is 0 Å². The summed E-state index contributed by atoms with van der Waals surface area (Å²) in [6, 6.07) is 11.6. The molecular formula is C17H25N3O. The molecular weight excluding hydrogens is 262 g/mol. The number of carbonyl (C=O) groups excluding carboxylic acids is 1. The number of amides is 1. The van der Waals surface area contributed by atoms with Gasteiger partial charge in [-0.15, -0.1) is 0 Å².